The molecule has 2 aromatic rings. The largest absolute Gasteiger partial charge is 0.480 e. The molecule has 3 nitrogen and oxygen atoms in total. The Balaban J connectivity index is 2.05. The van der Waals surface area contributed by atoms with Crippen molar-refractivity contribution in [2.75, 3.05) is 0 Å². The van der Waals surface area contributed by atoms with Gasteiger partial charge in [0.1, 0.15) is 5.41 Å². The van der Waals surface area contributed by atoms with E-state index in [0.717, 1.165) is 10.8 Å². The number of rotatable bonds is 3. The smallest absolute Gasteiger partial charge is 0.317 e. The Morgan fingerprint density at radius 2 is 1.67 bits per heavy atom. The first-order valence-corrected chi connectivity index (χ1v) is 5.90. The number of Topliss-reactive ketones (excluding diaryl/α,β-unsaturated/α-hetero) is 1. The van der Waals surface area contributed by atoms with Gasteiger partial charge in [-0.3, -0.25) is 9.59 Å². The van der Waals surface area contributed by atoms with E-state index in [1.807, 2.05) is 30.3 Å². The molecule has 0 amide bonds. The molecule has 1 saturated carbocycles. The first-order valence-electron chi connectivity index (χ1n) is 5.90. The van der Waals surface area contributed by atoms with Gasteiger partial charge in [0.05, 0.1) is 0 Å². The molecule has 1 aliphatic rings. The molecule has 0 bridgehead atoms. The average Bonchev–Trinajstić information content (AvgIpc) is 3.19. The summed E-state index contributed by atoms with van der Waals surface area (Å²) in [7, 11) is 0. The summed E-state index contributed by atoms with van der Waals surface area (Å²) in [5.74, 6) is -1.26. The lowest BCUT2D eigenvalue weighted by Crippen LogP contribution is -2.25. The van der Waals surface area contributed by atoms with Crippen LogP contribution in [0.25, 0.3) is 10.8 Å². The molecule has 0 atom stereocenters. The van der Waals surface area contributed by atoms with Crippen molar-refractivity contribution in [3.63, 3.8) is 0 Å². The fourth-order valence-electron chi connectivity index (χ4n) is 2.27. The second-order valence-corrected chi connectivity index (χ2v) is 4.78. The van der Waals surface area contributed by atoms with E-state index >= 15 is 0 Å². The molecule has 0 heterocycles. The van der Waals surface area contributed by atoms with Crippen molar-refractivity contribution in [1.82, 2.24) is 0 Å². The van der Waals surface area contributed by atoms with Crippen molar-refractivity contribution < 1.29 is 14.7 Å². The van der Waals surface area contributed by atoms with Crippen molar-refractivity contribution in [2.24, 2.45) is 5.41 Å². The predicted molar refractivity (Wildman–Crippen MR) is 67.6 cm³/mol. The van der Waals surface area contributed by atoms with Gasteiger partial charge < -0.3 is 5.11 Å². The number of hydrogen-bond acceptors (Lipinski definition) is 2. The van der Waals surface area contributed by atoms with Crippen LogP contribution in [0.2, 0.25) is 0 Å². The second-order valence-electron chi connectivity index (χ2n) is 4.78. The van der Waals surface area contributed by atoms with Crippen molar-refractivity contribution in [2.45, 2.75) is 12.8 Å². The average molecular weight is 240 g/mol. The van der Waals surface area contributed by atoms with Gasteiger partial charge in [0.25, 0.3) is 0 Å². The lowest BCUT2D eigenvalue weighted by atomic mass is 9.93. The first-order chi connectivity index (χ1) is 8.63. The van der Waals surface area contributed by atoms with E-state index < -0.39 is 11.4 Å². The Morgan fingerprint density at radius 1 is 1.00 bits per heavy atom. The standard InChI is InChI=1S/C15H12O3/c16-13(15(7-8-15)14(17)18)12-6-5-10-3-1-2-4-11(10)9-12/h1-6,9H,7-8H2,(H,17,18). The summed E-state index contributed by atoms with van der Waals surface area (Å²) in [6.45, 7) is 0. The molecule has 0 spiro atoms. The third kappa shape index (κ3) is 1.51. The zero-order valence-electron chi connectivity index (χ0n) is 9.72. The lowest BCUT2D eigenvalue weighted by Gasteiger charge is -2.09. The quantitative estimate of drug-likeness (QED) is 0.663. The Kier molecular flexibility index (Phi) is 2.23. The Labute approximate surface area is 104 Å². The van der Waals surface area contributed by atoms with Crippen LogP contribution in [-0.2, 0) is 4.79 Å². The maximum Gasteiger partial charge on any atom is 0.317 e. The molecule has 1 fully saturated rings. The van der Waals surface area contributed by atoms with Crippen LogP contribution in [0.15, 0.2) is 42.5 Å². The van der Waals surface area contributed by atoms with Gasteiger partial charge >= 0.3 is 5.97 Å². The van der Waals surface area contributed by atoms with E-state index in [2.05, 4.69) is 0 Å². The molecule has 1 N–H and O–H groups in total. The molecule has 1 aliphatic carbocycles. The minimum Gasteiger partial charge on any atom is -0.480 e. The van der Waals surface area contributed by atoms with E-state index in [4.69, 9.17) is 5.11 Å². The Hall–Kier alpha value is -2.16. The van der Waals surface area contributed by atoms with E-state index in [0.29, 0.717) is 18.4 Å². The highest BCUT2D eigenvalue weighted by Crippen LogP contribution is 2.48. The zero-order valence-corrected chi connectivity index (χ0v) is 9.72. The van der Waals surface area contributed by atoms with E-state index in [-0.39, 0.29) is 5.78 Å². The van der Waals surface area contributed by atoms with Crippen LogP contribution < -0.4 is 0 Å². The molecule has 0 unspecified atom stereocenters. The summed E-state index contributed by atoms with van der Waals surface area (Å²) in [6.07, 6.45) is 0.905. The van der Waals surface area contributed by atoms with Crippen molar-refractivity contribution in [3.05, 3.63) is 48.0 Å². The molecule has 0 aromatic heterocycles. The van der Waals surface area contributed by atoms with Gasteiger partial charge in [-0.15, -0.1) is 0 Å². The maximum absolute atomic E-state index is 12.2. The summed E-state index contributed by atoms with van der Waals surface area (Å²) in [4.78, 5) is 23.4. The molecular weight excluding hydrogens is 228 g/mol. The topological polar surface area (TPSA) is 54.4 Å². The monoisotopic (exact) mass is 240 g/mol. The highest BCUT2D eigenvalue weighted by Gasteiger charge is 2.56. The molecule has 2 aromatic carbocycles. The number of aliphatic carboxylic acids is 1. The third-order valence-corrected chi connectivity index (χ3v) is 3.61. The molecular formula is C15H12O3. The summed E-state index contributed by atoms with van der Waals surface area (Å²) >= 11 is 0. The van der Waals surface area contributed by atoms with Gasteiger partial charge in [-0.25, -0.2) is 0 Å². The summed E-state index contributed by atoms with van der Waals surface area (Å²) < 4.78 is 0. The fraction of sp³-hybridized carbons (Fsp3) is 0.200. The van der Waals surface area contributed by atoms with Gasteiger partial charge in [-0.05, 0) is 29.7 Å². The van der Waals surface area contributed by atoms with Gasteiger partial charge in [-0.2, -0.15) is 0 Å². The highest BCUT2D eigenvalue weighted by molar-refractivity contribution is 6.15. The lowest BCUT2D eigenvalue weighted by molar-refractivity contribution is -0.141. The third-order valence-electron chi connectivity index (χ3n) is 3.61. The SMILES string of the molecule is O=C(O)C1(C(=O)c2ccc3ccccc3c2)CC1. The molecule has 0 radical (unpaired) electrons. The van der Waals surface area contributed by atoms with Crippen molar-refractivity contribution >= 4 is 22.5 Å². The van der Waals surface area contributed by atoms with Crippen LogP contribution in [0.3, 0.4) is 0 Å². The van der Waals surface area contributed by atoms with Gasteiger partial charge in [0.2, 0.25) is 0 Å². The molecule has 0 saturated heterocycles. The molecule has 0 aliphatic heterocycles. The number of carbonyl (C=O) groups excluding carboxylic acids is 1. The van der Waals surface area contributed by atoms with E-state index in [9.17, 15) is 9.59 Å². The molecule has 3 heteroatoms. The van der Waals surface area contributed by atoms with Crippen LogP contribution in [-0.4, -0.2) is 16.9 Å². The van der Waals surface area contributed by atoms with Crippen molar-refractivity contribution in [1.29, 1.82) is 0 Å². The summed E-state index contributed by atoms with van der Waals surface area (Å²) in [5.41, 5.74) is -0.656. The maximum atomic E-state index is 12.2. The Morgan fingerprint density at radius 3 is 2.28 bits per heavy atom. The minimum atomic E-state index is -1.15. The molecule has 90 valence electrons. The number of carboxylic acid groups (broad SMARTS) is 1. The number of ketones is 1. The second kappa shape index (κ2) is 3.67. The van der Waals surface area contributed by atoms with Crippen LogP contribution in [0.5, 0.6) is 0 Å². The van der Waals surface area contributed by atoms with Crippen LogP contribution in [0.1, 0.15) is 23.2 Å². The van der Waals surface area contributed by atoms with Gasteiger partial charge in [-0.1, -0.05) is 36.4 Å². The minimum absolute atomic E-state index is 0.263. The number of fused-ring (bicyclic) bond motifs is 1. The normalized spacial score (nSPS) is 16.4. The number of hydrogen-bond donors (Lipinski definition) is 1. The summed E-state index contributed by atoms with van der Waals surface area (Å²) in [5, 5.41) is 11.1. The highest BCUT2D eigenvalue weighted by atomic mass is 16.4. The fourth-order valence-corrected chi connectivity index (χ4v) is 2.27. The van der Waals surface area contributed by atoms with Crippen molar-refractivity contribution in [3.8, 4) is 0 Å². The van der Waals surface area contributed by atoms with Crippen LogP contribution in [0, 0.1) is 5.41 Å². The molecule has 18 heavy (non-hydrogen) atoms. The van der Waals surface area contributed by atoms with Crippen LogP contribution >= 0.6 is 0 Å². The Bertz CT molecular complexity index is 654. The zero-order chi connectivity index (χ0) is 12.8. The van der Waals surface area contributed by atoms with E-state index in [1.54, 1.807) is 12.1 Å². The molecule has 3 rings (SSSR count). The number of carbonyl (C=O) groups is 2. The first kappa shape index (κ1) is 11.0. The predicted octanol–water partition coefficient (Wildman–Crippen LogP) is 2.89. The van der Waals surface area contributed by atoms with Crippen LogP contribution in [0.4, 0.5) is 0 Å². The summed E-state index contributed by atoms with van der Waals surface area (Å²) in [6, 6.07) is 13.1. The van der Waals surface area contributed by atoms with Gasteiger partial charge in [0, 0.05) is 5.56 Å². The van der Waals surface area contributed by atoms with E-state index in [1.165, 1.54) is 0 Å². The number of benzene rings is 2. The number of carboxylic acids is 1. The van der Waals surface area contributed by atoms with Gasteiger partial charge in [0.15, 0.2) is 5.78 Å².